The lowest BCUT2D eigenvalue weighted by atomic mass is 9.79. The van der Waals surface area contributed by atoms with Crippen molar-refractivity contribution in [3.63, 3.8) is 0 Å². The van der Waals surface area contributed by atoms with Crippen molar-refractivity contribution in [3.05, 3.63) is 10.6 Å². The summed E-state index contributed by atoms with van der Waals surface area (Å²) >= 11 is 1.61. The monoisotopic (exact) mass is 369 g/mol. The van der Waals surface area contributed by atoms with E-state index in [4.69, 9.17) is 5.73 Å². The second kappa shape index (κ2) is 7.26. The Balaban J connectivity index is 1.74. The van der Waals surface area contributed by atoms with Crippen LogP contribution in [0.5, 0.6) is 0 Å². The van der Waals surface area contributed by atoms with E-state index < -0.39 is 18.0 Å². The molecule has 5 atom stereocenters. The molecule has 0 radical (unpaired) electrons. The number of aliphatic carboxylic acids is 1. The van der Waals surface area contributed by atoms with Crippen LogP contribution in [0.15, 0.2) is 10.6 Å². The molecule has 0 spiro atoms. The summed E-state index contributed by atoms with van der Waals surface area (Å²) in [7, 11) is 0. The Hall–Kier alpha value is -1.09. The Labute approximate surface area is 152 Å². The number of nitrogens with two attached hydrogens (primary N) is 1. The molecule has 25 heavy (non-hydrogen) atoms. The van der Waals surface area contributed by atoms with Gasteiger partial charge in [0.25, 0.3) is 0 Å². The van der Waals surface area contributed by atoms with Crippen LogP contribution in [-0.2, 0) is 9.59 Å². The molecule has 2 fully saturated rings. The van der Waals surface area contributed by atoms with Gasteiger partial charge in [-0.25, -0.2) is 4.79 Å². The fourth-order valence-electron chi connectivity index (χ4n) is 4.27. The first-order valence-electron chi connectivity index (χ1n) is 8.94. The summed E-state index contributed by atoms with van der Waals surface area (Å²) in [6.07, 6.45) is 1.22. The summed E-state index contributed by atoms with van der Waals surface area (Å²) in [4.78, 5) is 28.7. The molecule has 0 aromatic carbocycles. The number of carboxylic acids is 1. The molecule has 8 heteroatoms. The fourth-order valence-corrected chi connectivity index (χ4v) is 5.79. The summed E-state index contributed by atoms with van der Waals surface area (Å²) in [5, 5.41) is 19.9. The first-order valence-corrected chi connectivity index (χ1v) is 9.82. The number of carboxylic acid groups (broad SMARTS) is 1. The Morgan fingerprint density at radius 2 is 2.20 bits per heavy atom. The van der Waals surface area contributed by atoms with Crippen molar-refractivity contribution in [1.82, 2.24) is 9.80 Å². The van der Waals surface area contributed by atoms with E-state index in [9.17, 15) is 19.8 Å². The van der Waals surface area contributed by atoms with Gasteiger partial charge in [-0.05, 0) is 39.4 Å². The quantitative estimate of drug-likeness (QED) is 0.554. The number of likely N-dealkylation sites (tertiary alicyclic amines) is 1. The number of aliphatic hydroxyl groups is 1. The summed E-state index contributed by atoms with van der Waals surface area (Å²) in [6, 6.07) is -0.226. The standard InChI is InChI=1S/C17H27N3O4S/c1-9-13-12(10(2)21)16(22)20(13)14(17(23)24)15(9)25-11-4-7-19(8-11)6-3-5-18/h9-13,21H,3-8,18H2,1-2H3,(H,23,24)/t9-,10?,11-,12-,13-/m1/s1. The molecule has 140 valence electrons. The molecule has 0 saturated carbocycles. The molecule has 1 amide bonds. The van der Waals surface area contributed by atoms with Crippen LogP contribution in [0.1, 0.15) is 26.7 Å². The third-order valence-electron chi connectivity index (χ3n) is 5.51. The Morgan fingerprint density at radius 1 is 1.48 bits per heavy atom. The van der Waals surface area contributed by atoms with Crippen molar-refractivity contribution in [2.75, 3.05) is 26.2 Å². The first-order chi connectivity index (χ1) is 11.9. The van der Waals surface area contributed by atoms with Gasteiger partial charge < -0.3 is 25.7 Å². The average molecular weight is 369 g/mol. The second-order valence-corrected chi connectivity index (χ2v) is 8.59. The Bertz CT molecular complexity index is 594. The van der Waals surface area contributed by atoms with Gasteiger partial charge in [0, 0.05) is 22.6 Å². The highest BCUT2D eigenvalue weighted by molar-refractivity contribution is 8.03. The van der Waals surface area contributed by atoms with Crippen molar-refractivity contribution >= 4 is 23.6 Å². The third kappa shape index (κ3) is 3.20. The van der Waals surface area contributed by atoms with Gasteiger partial charge in [0.1, 0.15) is 5.70 Å². The largest absolute Gasteiger partial charge is 0.477 e. The SMILES string of the molecule is CC(O)[C@H]1C(=O)N2C(C(=O)O)=C(S[C@@H]3CCN(CCCN)C3)[C@H](C)[C@H]12. The molecule has 3 aliphatic heterocycles. The zero-order chi connectivity index (χ0) is 18.3. The van der Waals surface area contributed by atoms with Crippen LogP contribution in [0.4, 0.5) is 0 Å². The van der Waals surface area contributed by atoms with Gasteiger partial charge in [0.05, 0.1) is 18.1 Å². The van der Waals surface area contributed by atoms with Gasteiger partial charge in [0.2, 0.25) is 5.91 Å². The zero-order valence-corrected chi connectivity index (χ0v) is 15.5. The number of thioether (sulfide) groups is 1. The number of aliphatic hydroxyl groups excluding tert-OH is 1. The number of hydrogen-bond acceptors (Lipinski definition) is 6. The molecule has 3 heterocycles. The number of rotatable bonds is 7. The second-order valence-electron chi connectivity index (χ2n) is 7.24. The number of amides is 1. The normalized spacial score (nSPS) is 33.6. The number of fused-ring (bicyclic) bond motifs is 1. The van der Waals surface area contributed by atoms with E-state index in [0.717, 1.165) is 37.4 Å². The number of nitrogens with zero attached hydrogens (tertiary/aromatic N) is 2. The predicted molar refractivity (Wildman–Crippen MR) is 95.7 cm³/mol. The third-order valence-corrected chi connectivity index (χ3v) is 7.05. The minimum atomic E-state index is -1.05. The van der Waals surface area contributed by atoms with Gasteiger partial charge in [-0.15, -0.1) is 11.8 Å². The van der Waals surface area contributed by atoms with Crippen LogP contribution >= 0.6 is 11.8 Å². The fraction of sp³-hybridized carbons (Fsp3) is 0.765. The maximum atomic E-state index is 12.3. The van der Waals surface area contributed by atoms with Crippen molar-refractivity contribution in [2.24, 2.45) is 17.6 Å². The van der Waals surface area contributed by atoms with Crippen LogP contribution < -0.4 is 5.73 Å². The average Bonchev–Trinajstić information content (AvgIpc) is 3.08. The van der Waals surface area contributed by atoms with E-state index >= 15 is 0 Å². The molecule has 0 bridgehead atoms. The lowest BCUT2D eigenvalue weighted by Gasteiger charge is -2.46. The molecule has 1 unspecified atom stereocenters. The van der Waals surface area contributed by atoms with Crippen LogP contribution in [-0.4, -0.2) is 75.5 Å². The zero-order valence-electron chi connectivity index (χ0n) is 14.7. The van der Waals surface area contributed by atoms with E-state index in [1.54, 1.807) is 18.7 Å². The van der Waals surface area contributed by atoms with Gasteiger partial charge in [0.15, 0.2) is 0 Å². The summed E-state index contributed by atoms with van der Waals surface area (Å²) in [5.41, 5.74) is 5.70. The van der Waals surface area contributed by atoms with E-state index in [-0.39, 0.29) is 23.6 Å². The number of β-lactam (4-membered cyclic amide) rings is 1. The predicted octanol–water partition coefficient (Wildman–Crippen LogP) is 0.296. The molecule has 0 aromatic heterocycles. The highest BCUT2D eigenvalue weighted by Crippen LogP contribution is 2.51. The molecule has 3 rings (SSSR count). The van der Waals surface area contributed by atoms with E-state index in [1.807, 2.05) is 6.92 Å². The van der Waals surface area contributed by atoms with E-state index in [2.05, 4.69) is 4.90 Å². The van der Waals surface area contributed by atoms with Crippen molar-refractivity contribution in [3.8, 4) is 0 Å². The van der Waals surface area contributed by atoms with Crippen molar-refractivity contribution < 1.29 is 19.8 Å². The van der Waals surface area contributed by atoms with Crippen LogP contribution in [0.2, 0.25) is 0 Å². The molecule has 3 aliphatic rings. The minimum absolute atomic E-state index is 0.0495. The Morgan fingerprint density at radius 3 is 2.80 bits per heavy atom. The van der Waals surface area contributed by atoms with Crippen LogP contribution in [0.3, 0.4) is 0 Å². The first kappa shape index (κ1) is 18.7. The highest BCUT2D eigenvalue weighted by atomic mass is 32.2. The molecular formula is C17H27N3O4S. The van der Waals surface area contributed by atoms with Crippen molar-refractivity contribution in [1.29, 1.82) is 0 Å². The smallest absolute Gasteiger partial charge is 0.353 e. The van der Waals surface area contributed by atoms with Crippen LogP contribution in [0.25, 0.3) is 0 Å². The molecule has 2 saturated heterocycles. The summed E-state index contributed by atoms with van der Waals surface area (Å²) in [5.74, 6) is -1.86. The van der Waals surface area contributed by atoms with Gasteiger partial charge in [-0.1, -0.05) is 6.92 Å². The summed E-state index contributed by atoms with van der Waals surface area (Å²) < 4.78 is 0. The maximum Gasteiger partial charge on any atom is 0.353 e. The van der Waals surface area contributed by atoms with Crippen molar-refractivity contribution in [2.45, 2.75) is 44.1 Å². The lowest BCUT2D eigenvalue weighted by molar-refractivity contribution is -0.163. The maximum absolute atomic E-state index is 12.3. The molecular weight excluding hydrogens is 342 g/mol. The van der Waals surface area contributed by atoms with Crippen LogP contribution in [0, 0.1) is 11.8 Å². The van der Waals surface area contributed by atoms with Gasteiger partial charge >= 0.3 is 5.97 Å². The number of carbonyl (C=O) groups excluding carboxylic acids is 1. The van der Waals surface area contributed by atoms with Gasteiger partial charge in [-0.2, -0.15) is 0 Å². The molecule has 7 nitrogen and oxygen atoms in total. The molecule has 0 aromatic rings. The minimum Gasteiger partial charge on any atom is -0.477 e. The summed E-state index contributed by atoms with van der Waals surface area (Å²) in [6.45, 7) is 7.16. The highest BCUT2D eigenvalue weighted by Gasteiger charge is 2.60. The van der Waals surface area contributed by atoms with E-state index in [1.165, 1.54) is 4.90 Å². The number of carbonyl (C=O) groups is 2. The Kier molecular flexibility index (Phi) is 5.43. The molecule has 4 N–H and O–H groups in total. The topological polar surface area (TPSA) is 107 Å². The van der Waals surface area contributed by atoms with Gasteiger partial charge in [-0.3, -0.25) is 4.79 Å². The molecule has 0 aliphatic carbocycles. The van der Waals surface area contributed by atoms with E-state index in [0.29, 0.717) is 11.8 Å². The lowest BCUT2D eigenvalue weighted by Crippen LogP contribution is -2.63. The number of hydrogen-bond donors (Lipinski definition) is 3.